The van der Waals surface area contributed by atoms with E-state index in [1.54, 1.807) is 48.5 Å². The van der Waals surface area contributed by atoms with Crippen molar-refractivity contribution in [2.24, 2.45) is 0 Å². The molecule has 1 aromatic heterocycles. The van der Waals surface area contributed by atoms with Gasteiger partial charge in [-0.3, -0.25) is 9.69 Å². The van der Waals surface area contributed by atoms with Crippen LogP contribution in [0.5, 0.6) is 6.01 Å². The van der Waals surface area contributed by atoms with Crippen molar-refractivity contribution in [1.29, 1.82) is 0 Å². The Labute approximate surface area is 181 Å². The van der Waals surface area contributed by atoms with Crippen LogP contribution in [0, 0.1) is 5.82 Å². The molecule has 1 aliphatic rings. The summed E-state index contributed by atoms with van der Waals surface area (Å²) in [5, 5.41) is 14.3. The molecule has 160 valence electrons. The minimum absolute atomic E-state index is 0.0302. The third kappa shape index (κ3) is 2.83. The van der Waals surface area contributed by atoms with Crippen molar-refractivity contribution in [3.05, 3.63) is 89.2 Å². The molecule has 3 N–H and O–H groups in total. The molecule has 0 saturated carbocycles. The molecule has 1 aliphatic heterocycles. The zero-order valence-electron chi connectivity index (χ0n) is 16.8. The summed E-state index contributed by atoms with van der Waals surface area (Å²) in [6.45, 7) is 0. The lowest BCUT2D eigenvalue weighted by molar-refractivity contribution is 0.0699. The summed E-state index contributed by atoms with van der Waals surface area (Å²) >= 11 is 0. The van der Waals surface area contributed by atoms with E-state index < -0.39 is 23.5 Å². The van der Waals surface area contributed by atoms with Crippen molar-refractivity contribution in [1.82, 2.24) is 15.3 Å². The first-order chi connectivity index (χ1) is 15.4. The zero-order valence-corrected chi connectivity index (χ0v) is 16.8. The molecule has 5 rings (SSSR count). The van der Waals surface area contributed by atoms with Gasteiger partial charge in [0.05, 0.1) is 16.7 Å². The van der Waals surface area contributed by atoms with Crippen LogP contribution in [-0.2, 0) is 5.72 Å². The molecule has 0 saturated heterocycles. The van der Waals surface area contributed by atoms with Crippen LogP contribution < -0.4 is 15.0 Å². The second kappa shape index (κ2) is 7.17. The van der Waals surface area contributed by atoms with Crippen molar-refractivity contribution < 1.29 is 23.8 Å². The normalized spacial score (nSPS) is 17.5. The molecule has 2 amide bonds. The molecule has 1 unspecified atom stereocenters. The lowest BCUT2D eigenvalue weighted by Gasteiger charge is -2.35. The number of nitrogens with zero attached hydrogens (tertiary/aromatic N) is 2. The number of rotatable bonds is 3. The third-order valence-electron chi connectivity index (χ3n) is 5.41. The summed E-state index contributed by atoms with van der Waals surface area (Å²) in [6, 6.07) is 17.1. The number of para-hydroxylation sites is 1. The number of benzene rings is 3. The highest BCUT2D eigenvalue weighted by Crippen LogP contribution is 2.45. The Morgan fingerprint density at radius 2 is 1.91 bits per heavy atom. The number of aromatic amines is 1. The minimum Gasteiger partial charge on any atom is -0.375 e. The van der Waals surface area contributed by atoms with E-state index in [9.17, 15) is 19.1 Å². The van der Waals surface area contributed by atoms with Gasteiger partial charge in [-0.15, -0.1) is 0 Å². The van der Waals surface area contributed by atoms with Gasteiger partial charge in [-0.2, -0.15) is 4.98 Å². The fourth-order valence-corrected chi connectivity index (χ4v) is 3.95. The molecule has 2 heterocycles. The number of amides is 2. The van der Waals surface area contributed by atoms with Crippen molar-refractivity contribution in [3.63, 3.8) is 0 Å². The molecule has 0 bridgehead atoms. The second-order valence-electron chi connectivity index (χ2n) is 7.22. The van der Waals surface area contributed by atoms with Crippen molar-refractivity contribution in [2.75, 3.05) is 11.9 Å². The Kier molecular flexibility index (Phi) is 4.42. The number of hydrogen-bond acceptors (Lipinski definition) is 5. The smallest absolute Gasteiger partial charge is 0.375 e. The molecule has 1 atom stereocenters. The first kappa shape index (κ1) is 19.7. The summed E-state index contributed by atoms with van der Waals surface area (Å²) in [7, 11) is 1.42. The number of carbonyl (C=O) groups excluding carboxylic acids is 2. The Balaban J connectivity index is 1.69. The number of halogens is 1. The highest BCUT2D eigenvalue weighted by Gasteiger charge is 2.51. The second-order valence-corrected chi connectivity index (χ2v) is 7.22. The molecule has 4 aromatic rings. The van der Waals surface area contributed by atoms with E-state index in [1.165, 1.54) is 25.2 Å². The number of nitrogens with one attached hydrogen (secondary N) is 2. The monoisotopic (exact) mass is 432 g/mol. The fraction of sp³-hybridized carbons (Fsp3) is 0.0870. The lowest BCUT2D eigenvalue weighted by atomic mass is 9.93. The van der Waals surface area contributed by atoms with E-state index in [4.69, 9.17) is 4.74 Å². The number of anilines is 1. The number of aromatic nitrogens is 2. The topological polar surface area (TPSA) is 108 Å². The molecular weight excluding hydrogens is 415 g/mol. The van der Waals surface area contributed by atoms with Crippen molar-refractivity contribution >= 4 is 28.7 Å². The van der Waals surface area contributed by atoms with Gasteiger partial charge in [0, 0.05) is 23.7 Å². The Hall–Kier alpha value is -4.24. The van der Waals surface area contributed by atoms with Gasteiger partial charge in [-0.25, -0.2) is 9.18 Å². The third-order valence-corrected chi connectivity index (χ3v) is 5.41. The van der Waals surface area contributed by atoms with Gasteiger partial charge in [-0.1, -0.05) is 36.4 Å². The summed E-state index contributed by atoms with van der Waals surface area (Å²) in [6.07, 6.45) is -0.691. The Bertz CT molecular complexity index is 1390. The van der Waals surface area contributed by atoms with E-state index in [0.717, 1.165) is 4.90 Å². The highest BCUT2D eigenvalue weighted by molar-refractivity contribution is 6.12. The molecule has 0 fully saturated rings. The quantitative estimate of drug-likeness (QED) is 0.461. The lowest BCUT2D eigenvalue weighted by Crippen LogP contribution is -2.45. The van der Waals surface area contributed by atoms with Gasteiger partial charge in [0.1, 0.15) is 5.82 Å². The number of fused-ring (bicyclic) bond motifs is 2. The van der Waals surface area contributed by atoms with E-state index >= 15 is 0 Å². The van der Waals surface area contributed by atoms with Crippen molar-refractivity contribution in [2.45, 2.75) is 5.72 Å². The minimum atomic E-state index is -1.98. The maximum Gasteiger partial charge on any atom is 0.414 e. The summed E-state index contributed by atoms with van der Waals surface area (Å²) in [5.41, 5.74) is -0.185. The molecule has 9 heteroatoms. The van der Waals surface area contributed by atoms with Gasteiger partial charge in [-0.05, 0) is 30.3 Å². The predicted molar refractivity (Wildman–Crippen MR) is 114 cm³/mol. The van der Waals surface area contributed by atoms with Gasteiger partial charge in [0.2, 0.25) is 0 Å². The van der Waals surface area contributed by atoms with Gasteiger partial charge < -0.3 is 20.1 Å². The van der Waals surface area contributed by atoms with Crippen LogP contribution >= 0.6 is 0 Å². The Morgan fingerprint density at radius 3 is 2.69 bits per heavy atom. The van der Waals surface area contributed by atoms with Crippen LogP contribution in [0.15, 0.2) is 66.7 Å². The van der Waals surface area contributed by atoms with Crippen molar-refractivity contribution in [3.8, 4) is 6.01 Å². The molecule has 32 heavy (non-hydrogen) atoms. The predicted octanol–water partition coefficient (Wildman–Crippen LogP) is 3.27. The standard InChI is InChI=1S/C23H17FN4O4/c1-25-22(30)32-21-26-17-11-10-13(12-18(17)27-21)23(31)15-7-3-2-6-14(15)20(29)28(23)19-9-5-4-8-16(19)24/h2-12,31H,1H3,(H,25,30)(H,26,27). The number of H-pyrrole nitrogens is 1. The number of aliphatic hydroxyl groups is 1. The average Bonchev–Trinajstić information content (AvgIpc) is 3.30. The molecule has 0 spiro atoms. The van der Waals surface area contributed by atoms with E-state index in [2.05, 4.69) is 15.3 Å². The van der Waals surface area contributed by atoms with Crippen LogP contribution in [0.25, 0.3) is 11.0 Å². The molecule has 0 radical (unpaired) electrons. The van der Waals surface area contributed by atoms with Crippen LogP contribution in [0.2, 0.25) is 0 Å². The van der Waals surface area contributed by atoms with Crippen LogP contribution in [0.1, 0.15) is 21.5 Å². The maximum atomic E-state index is 14.7. The maximum absolute atomic E-state index is 14.7. The van der Waals surface area contributed by atoms with Crippen LogP contribution in [0.4, 0.5) is 14.9 Å². The summed E-state index contributed by atoms with van der Waals surface area (Å²) < 4.78 is 19.8. The van der Waals surface area contributed by atoms with Crippen LogP contribution in [-0.4, -0.2) is 34.1 Å². The summed E-state index contributed by atoms with van der Waals surface area (Å²) in [5.74, 6) is -1.17. The number of ether oxygens (including phenoxy) is 1. The SMILES string of the molecule is CNC(=O)Oc1nc2ccc(C3(O)c4ccccc4C(=O)N3c3ccccc3F)cc2[nH]1. The number of hydrogen-bond donors (Lipinski definition) is 3. The largest absolute Gasteiger partial charge is 0.414 e. The highest BCUT2D eigenvalue weighted by atomic mass is 19.1. The molecule has 3 aromatic carbocycles. The molecular formula is C23H17FN4O4. The average molecular weight is 432 g/mol. The van der Waals surface area contributed by atoms with E-state index in [0.29, 0.717) is 22.2 Å². The van der Waals surface area contributed by atoms with Gasteiger partial charge in [0.15, 0.2) is 5.72 Å². The van der Waals surface area contributed by atoms with Gasteiger partial charge in [0.25, 0.3) is 5.91 Å². The molecule has 8 nitrogen and oxygen atoms in total. The van der Waals surface area contributed by atoms with Crippen LogP contribution in [0.3, 0.4) is 0 Å². The Morgan fingerprint density at radius 1 is 1.16 bits per heavy atom. The fourth-order valence-electron chi connectivity index (χ4n) is 3.95. The summed E-state index contributed by atoms with van der Waals surface area (Å²) in [4.78, 5) is 32.8. The first-order valence-corrected chi connectivity index (χ1v) is 9.74. The number of carbonyl (C=O) groups is 2. The zero-order chi connectivity index (χ0) is 22.5. The van der Waals surface area contributed by atoms with Gasteiger partial charge >= 0.3 is 12.1 Å². The molecule has 0 aliphatic carbocycles. The number of imidazole rings is 1. The first-order valence-electron chi connectivity index (χ1n) is 9.74. The van der Waals surface area contributed by atoms with E-state index in [-0.39, 0.29) is 17.3 Å². The van der Waals surface area contributed by atoms with E-state index in [1.807, 2.05) is 0 Å².